The van der Waals surface area contributed by atoms with E-state index in [1.54, 1.807) is 12.3 Å². The molecule has 0 N–H and O–H groups in total. The van der Waals surface area contributed by atoms with Crippen molar-refractivity contribution in [2.24, 2.45) is 0 Å². The Morgan fingerprint density at radius 1 is 1.67 bits per heavy atom. The van der Waals surface area contributed by atoms with E-state index in [9.17, 15) is 0 Å². The van der Waals surface area contributed by atoms with Crippen LogP contribution in [-0.2, 0) is 0 Å². The second-order valence-electron chi connectivity index (χ2n) is 1.47. The van der Waals surface area contributed by atoms with Gasteiger partial charge in [0.1, 0.15) is 11.8 Å². The smallest absolute Gasteiger partial charge is 0.141 e. The van der Waals surface area contributed by atoms with Crippen LogP contribution in [0.5, 0.6) is 0 Å². The maximum absolute atomic E-state index is 8.35. The first-order valence-electron chi connectivity index (χ1n) is 2.34. The van der Waals surface area contributed by atoms with Gasteiger partial charge in [-0.25, -0.2) is 4.98 Å². The Hall–Kier alpha value is -0.630. The number of halogens is 1. The first-order chi connectivity index (χ1) is 4.33. The van der Waals surface area contributed by atoms with Gasteiger partial charge in [-0.3, -0.25) is 0 Å². The van der Waals surface area contributed by atoms with E-state index in [2.05, 4.69) is 27.6 Å². The minimum atomic E-state index is 0.474. The van der Waals surface area contributed by atoms with Gasteiger partial charge in [-0.2, -0.15) is 5.26 Å². The molecule has 0 amide bonds. The largest absolute Gasteiger partial charge is 0.245 e. The first-order valence-corrected chi connectivity index (χ1v) is 3.42. The molecule has 0 saturated heterocycles. The average Bonchev–Trinajstić information content (AvgIpc) is 1.88. The Kier molecular flexibility index (Phi) is 2.01. The van der Waals surface area contributed by atoms with Crippen LogP contribution in [-0.4, -0.2) is 4.98 Å². The number of pyridine rings is 1. The van der Waals surface area contributed by atoms with Crippen molar-refractivity contribution >= 4 is 22.6 Å². The van der Waals surface area contributed by atoms with Crippen LogP contribution in [0.25, 0.3) is 0 Å². The number of nitriles is 1. The topological polar surface area (TPSA) is 36.7 Å². The number of hydrogen-bond donors (Lipinski definition) is 0. The third-order valence-electron chi connectivity index (χ3n) is 0.837. The van der Waals surface area contributed by atoms with Crippen LogP contribution in [0.15, 0.2) is 18.3 Å². The summed E-state index contributed by atoms with van der Waals surface area (Å²) in [6, 6.07) is 5.54. The SMILES string of the molecule is N#Cc1cc(I)ccn1. The predicted octanol–water partition coefficient (Wildman–Crippen LogP) is 1.56. The molecule has 0 aliphatic heterocycles. The first kappa shape index (κ1) is 6.49. The highest BCUT2D eigenvalue weighted by Gasteiger charge is 1.89. The molecule has 0 saturated carbocycles. The zero-order valence-electron chi connectivity index (χ0n) is 4.50. The van der Waals surface area contributed by atoms with Gasteiger partial charge in [0.15, 0.2) is 0 Å². The van der Waals surface area contributed by atoms with Gasteiger partial charge in [0.05, 0.1) is 0 Å². The van der Waals surface area contributed by atoms with Crippen LogP contribution in [0.3, 0.4) is 0 Å². The molecule has 0 aliphatic carbocycles. The molecule has 0 spiro atoms. The molecule has 1 rings (SSSR count). The zero-order valence-corrected chi connectivity index (χ0v) is 6.66. The van der Waals surface area contributed by atoms with Crippen molar-refractivity contribution in [3.8, 4) is 6.07 Å². The number of nitrogens with zero attached hydrogens (tertiary/aromatic N) is 2. The third-order valence-corrected chi connectivity index (χ3v) is 1.51. The fraction of sp³-hybridized carbons (Fsp3) is 0. The minimum absolute atomic E-state index is 0.474. The van der Waals surface area contributed by atoms with E-state index in [-0.39, 0.29) is 0 Å². The van der Waals surface area contributed by atoms with E-state index in [0.717, 1.165) is 3.57 Å². The third kappa shape index (κ3) is 1.64. The lowest BCUT2D eigenvalue weighted by molar-refractivity contribution is 1.25. The fourth-order valence-corrected chi connectivity index (χ4v) is 0.922. The summed E-state index contributed by atoms with van der Waals surface area (Å²) in [5.41, 5.74) is 0.474. The van der Waals surface area contributed by atoms with Gasteiger partial charge in [0, 0.05) is 9.77 Å². The minimum Gasteiger partial charge on any atom is -0.245 e. The Balaban J connectivity index is 3.12. The zero-order chi connectivity index (χ0) is 6.69. The maximum Gasteiger partial charge on any atom is 0.141 e. The molecule has 0 unspecified atom stereocenters. The van der Waals surface area contributed by atoms with Crippen molar-refractivity contribution in [1.29, 1.82) is 5.26 Å². The fourth-order valence-electron chi connectivity index (χ4n) is 0.466. The summed E-state index contributed by atoms with van der Waals surface area (Å²) in [6.07, 6.45) is 1.63. The van der Waals surface area contributed by atoms with Gasteiger partial charge in [-0.1, -0.05) is 0 Å². The van der Waals surface area contributed by atoms with Crippen LogP contribution >= 0.6 is 22.6 Å². The van der Waals surface area contributed by atoms with Gasteiger partial charge in [-0.05, 0) is 34.7 Å². The highest BCUT2D eigenvalue weighted by atomic mass is 127. The quantitative estimate of drug-likeness (QED) is 0.634. The van der Waals surface area contributed by atoms with Crippen LogP contribution in [0.2, 0.25) is 0 Å². The van der Waals surface area contributed by atoms with Crippen LogP contribution in [0.4, 0.5) is 0 Å². The Labute approximate surface area is 66.7 Å². The summed E-state index contributed by atoms with van der Waals surface area (Å²) in [7, 11) is 0. The maximum atomic E-state index is 8.35. The van der Waals surface area contributed by atoms with E-state index in [4.69, 9.17) is 5.26 Å². The van der Waals surface area contributed by atoms with Crippen molar-refractivity contribution in [1.82, 2.24) is 4.98 Å². The lowest BCUT2D eigenvalue weighted by Crippen LogP contribution is -1.80. The Bertz CT molecular complexity index is 251. The van der Waals surface area contributed by atoms with E-state index in [1.807, 2.05) is 12.1 Å². The number of aromatic nitrogens is 1. The summed E-state index contributed by atoms with van der Waals surface area (Å²) in [4.78, 5) is 3.79. The van der Waals surface area contributed by atoms with Gasteiger partial charge < -0.3 is 0 Å². The Morgan fingerprint density at radius 2 is 2.44 bits per heavy atom. The van der Waals surface area contributed by atoms with Crippen molar-refractivity contribution < 1.29 is 0 Å². The van der Waals surface area contributed by atoms with E-state index in [0.29, 0.717) is 5.69 Å². The van der Waals surface area contributed by atoms with Gasteiger partial charge in [0.25, 0.3) is 0 Å². The molecule has 1 aromatic heterocycles. The molecule has 0 radical (unpaired) electrons. The van der Waals surface area contributed by atoms with Gasteiger partial charge >= 0.3 is 0 Å². The monoisotopic (exact) mass is 230 g/mol. The molecule has 0 fully saturated rings. The lowest BCUT2D eigenvalue weighted by Gasteiger charge is -1.86. The van der Waals surface area contributed by atoms with Crippen LogP contribution < -0.4 is 0 Å². The molecule has 0 aliphatic rings. The average molecular weight is 230 g/mol. The van der Waals surface area contributed by atoms with Crippen molar-refractivity contribution in [3.05, 3.63) is 27.6 Å². The lowest BCUT2D eigenvalue weighted by atomic mass is 10.4. The molecular formula is C6H3IN2. The van der Waals surface area contributed by atoms with Gasteiger partial charge in [-0.15, -0.1) is 0 Å². The molecule has 44 valence electrons. The Morgan fingerprint density at radius 3 is 2.89 bits per heavy atom. The normalized spacial score (nSPS) is 8.44. The van der Waals surface area contributed by atoms with Crippen LogP contribution in [0, 0.1) is 14.9 Å². The molecule has 1 heterocycles. The van der Waals surface area contributed by atoms with Crippen molar-refractivity contribution in [3.63, 3.8) is 0 Å². The summed E-state index contributed by atoms with van der Waals surface area (Å²) in [5, 5.41) is 8.35. The molecular weight excluding hydrogens is 227 g/mol. The van der Waals surface area contributed by atoms with E-state index in [1.165, 1.54) is 0 Å². The van der Waals surface area contributed by atoms with E-state index < -0.39 is 0 Å². The number of rotatable bonds is 0. The second-order valence-corrected chi connectivity index (χ2v) is 2.72. The number of hydrogen-bond acceptors (Lipinski definition) is 2. The summed E-state index contributed by atoms with van der Waals surface area (Å²) >= 11 is 2.14. The standard InChI is InChI=1S/C6H3IN2/c7-5-1-2-9-6(3-5)4-8/h1-3H. The highest BCUT2D eigenvalue weighted by molar-refractivity contribution is 14.1. The van der Waals surface area contributed by atoms with Crippen molar-refractivity contribution in [2.45, 2.75) is 0 Å². The van der Waals surface area contributed by atoms with Crippen LogP contribution in [0.1, 0.15) is 5.69 Å². The molecule has 0 aromatic carbocycles. The van der Waals surface area contributed by atoms with Gasteiger partial charge in [0.2, 0.25) is 0 Å². The summed E-state index contributed by atoms with van der Waals surface area (Å²) in [6.45, 7) is 0. The molecule has 1 aromatic rings. The molecule has 0 atom stereocenters. The molecule has 3 heteroatoms. The van der Waals surface area contributed by atoms with Crippen molar-refractivity contribution in [2.75, 3.05) is 0 Å². The highest BCUT2D eigenvalue weighted by Crippen LogP contribution is 2.02. The summed E-state index contributed by atoms with van der Waals surface area (Å²) in [5.74, 6) is 0. The molecule has 2 nitrogen and oxygen atoms in total. The summed E-state index contributed by atoms with van der Waals surface area (Å²) < 4.78 is 1.04. The second kappa shape index (κ2) is 2.78. The predicted molar refractivity (Wildman–Crippen MR) is 41.7 cm³/mol. The molecule has 0 bridgehead atoms. The molecule has 9 heavy (non-hydrogen) atoms. The van der Waals surface area contributed by atoms with E-state index >= 15 is 0 Å².